The molecule has 0 spiro atoms. The highest BCUT2D eigenvalue weighted by Crippen LogP contribution is 2.30. The van der Waals surface area contributed by atoms with Crippen molar-refractivity contribution < 1.29 is 71.8 Å². The first-order valence-corrected chi connectivity index (χ1v) is 15.1. The van der Waals surface area contributed by atoms with E-state index in [-0.39, 0.29) is 6.61 Å². The van der Waals surface area contributed by atoms with Crippen LogP contribution in [0, 0.1) is 0 Å². The molecular weight excluding hydrogens is 640 g/mol. The summed E-state index contributed by atoms with van der Waals surface area (Å²) in [6, 6.07) is 6.59. The number of aliphatic hydroxyl groups excluding tert-OH is 1. The number of esters is 4. The first kappa shape index (κ1) is 38.3. The molecule has 3 N–H and O–H groups in total. The molecule has 0 aromatic heterocycles. The Morgan fingerprint density at radius 3 is 1.69 bits per heavy atom. The number of nitrogens with one attached hydrogen (secondary N) is 2. The Bertz CT molecular complexity index is 1290. The van der Waals surface area contributed by atoms with Crippen molar-refractivity contribution in [3.8, 4) is 0 Å². The van der Waals surface area contributed by atoms with E-state index in [1.807, 2.05) is 6.07 Å². The van der Waals surface area contributed by atoms with Crippen LogP contribution in [0.5, 0.6) is 0 Å². The van der Waals surface area contributed by atoms with Gasteiger partial charge in [-0.3, -0.25) is 28.8 Å². The van der Waals surface area contributed by atoms with Gasteiger partial charge in [0, 0.05) is 41.5 Å². The zero-order valence-electron chi connectivity index (χ0n) is 27.4. The van der Waals surface area contributed by atoms with Gasteiger partial charge in [-0.15, -0.1) is 0 Å². The molecular formula is C31H42N2O15. The molecule has 0 radical (unpaired) electrons. The maximum atomic E-state index is 12.3. The summed E-state index contributed by atoms with van der Waals surface area (Å²) in [5.41, 5.74) is 0.761. The Morgan fingerprint density at radius 2 is 1.15 bits per heavy atom. The average Bonchev–Trinajstić information content (AvgIpc) is 2.99. The molecule has 2 amide bonds. The summed E-state index contributed by atoms with van der Waals surface area (Å²) in [7, 11) is 0. The molecule has 2 aliphatic rings. The minimum atomic E-state index is -1.58. The molecule has 10 atom stereocenters. The van der Waals surface area contributed by atoms with Crippen LogP contribution in [0.25, 0.3) is 0 Å². The van der Waals surface area contributed by atoms with Crippen LogP contribution < -0.4 is 10.6 Å². The van der Waals surface area contributed by atoms with Crippen LogP contribution >= 0.6 is 0 Å². The number of carbonyl (C=O) groups is 6. The van der Waals surface area contributed by atoms with E-state index in [4.69, 9.17) is 37.9 Å². The summed E-state index contributed by atoms with van der Waals surface area (Å²) in [6.07, 6.45) is -10.9. The smallest absolute Gasteiger partial charge is 0.303 e. The SMILES string of the molecule is CC(=O)N[C@@H]1[C@@H](OCc2ccccc2)O[C@H](CO[C@H]2O[C@H](COC(C)=O)[C@@H](OC(C)=O)[C@H](OC(C)=O)[C@H]2NC(C)=O)[C@H](O)[C@@H]1OC(C)=O. The lowest BCUT2D eigenvalue weighted by Crippen LogP contribution is -2.68. The number of ether oxygens (including phenoxy) is 8. The molecule has 1 aromatic rings. The van der Waals surface area contributed by atoms with E-state index < -0.39 is 110 Å². The van der Waals surface area contributed by atoms with Gasteiger partial charge in [0.15, 0.2) is 30.9 Å². The lowest BCUT2D eigenvalue weighted by atomic mass is 9.95. The predicted molar refractivity (Wildman–Crippen MR) is 159 cm³/mol. The van der Waals surface area contributed by atoms with Gasteiger partial charge in [0.2, 0.25) is 11.8 Å². The number of hydrogen-bond acceptors (Lipinski definition) is 15. The molecule has 0 bridgehead atoms. The number of amides is 2. The van der Waals surface area contributed by atoms with Gasteiger partial charge in [0.1, 0.15) is 37.0 Å². The second-order valence-electron chi connectivity index (χ2n) is 11.2. The van der Waals surface area contributed by atoms with Crippen LogP contribution in [0.2, 0.25) is 0 Å². The van der Waals surface area contributed by atoms with Gasteiger partial charge in [-0.2, -0.15) is 0 Å². The molecule has 2 heterocycles. The average molecular weight is 683 g/mol. The Morgan fingerprint density at radius 1 is 0.646 bits per heavy atom. The second-order valence-corrected chi connectivity index (χ2v) is 11.2. The molecule has 17 nitrogen and oxygen atoms in total. The number of aliphatic hydroxyl groups is 1. The van der Waals surface area contributed by atoms with Crippen molar-refractivity contribution in [2.75, 3.05) is 13.2 Å². The molecule has 1 aromatic carbocycles. The lowest BCUT2D eigenvalue weighted by molar-refractivity contribution is -0.307. The molecule has 2 aliphatic heterocycles. The minimum Gasteiger partial charge on any atom is -0.463 e. The van der Waals surface area contributed by atoms with Crippen LogP contribution in [0.15, 0.2) is 30.3 Å². The highest BCUT2D eigenvalue weighted by Gasteiger charge is 2.53. The molecule has 0 saturated carbocycles. The highest BCUT2D eigenvalue weighted by molar-refractivity contribution is 5.74. The van der Waals surface area contributed by atoms with Gasteiger partial charge in [-0.1, -0.05) is 30.3 Å². The van der Waals surface area contributed by atoms with Gasteiger partial charge in [-0.25, -0.2) is 0 Å². The molecule has 2 saturated heterocycles. The summed E-state index contributed by atoms with van der Waals surface area (Å²) in [5, 5.41) is 16.5. The molecule has 17 heteroatoms. The highest BCUT2D eigenvalue weighted by atomic mass is 16.7. The van der Waals surface area contributed by atoms with Crippen molar-refractivity contribution in [1.29, 1.82) is 0 Å². The minimum absolute atomic E-state index is 0.0217. The molecule has 0 unspecified atom stereocenters. The Balaban J connectivity index is 1.93. The normalized spacial score (nSPS) is 29.9. The number of carbonyl (C=O) groups excluding carboxylic acids is 6. The Kier molecular flexibility index (Phi) is 14.2. The van der Waals surface area contributed by atoms with Gasteiger partial charge in [0.25, 0.3) is 0 Å². The van der Waals surface area contributed by atoms with Crippen molar-refractivity contribution in [3.05, 3.63) is 35.9 Å². The van der Waals surface area contributed by atoms with E-state index in [2.05, 4.69) is 10.6 Å². The van der Waals surface area contributed by atoms with Gasteiger partial charge in [0.05, 0.1) is 13.2 Å². The summed E-state index contributed by atoms with van der Waals surface area (Å²) in [5.74, 6) is -4.12. The molecule has 266 valence electrons. The molecule has 3 rings (SSSR count). The van der Waals surface area contributed by atoms with Crippen molar-refractivity contribution in [2.24, 2.45) is 0 Å². The monoisotopic (exact) mass is 682 g/mol. The first-order valence-electron chi connectivity index (χ1n) is 15.1. The van der Waals surface area contributed by atoms with E-state index >= 15 is 0 Å². The predicted octanol–water partition coefficient (Wildman–Crippen LogP) is -0.602. The van der Waals surface area contributed by atoms with Gasteiger partial charge in [-0.05, 0) is 5.56 Å². The standard InChI is InChI=1S/C31H42N2O15/c1-15(34)32-24-28(45-19(5)38)26(40)22(47-30(24)42-12-21-10-8-7-9-11-21)13-43-31-25(33-16(2)35)29(46-20(6)39)27(44-18(4)37)23(48-31)14-41-17(3)36/h7-11,22-31,40H,12-14H2,1-6H3,(H,32,34)(H,33,35)/t22-,23-,24+,25-,26+,27-,28-,29-,30+,31+/m1/s1. The lowest BCUT2D eigenvalue weighted by Gasteiger charge is -2.46. The van der Waals surface area contributed by atoms with E-state index in [0.29, 0.717) is 0 Å². The molecule has 2 fully saturated rings. The van der Waals surface area contributed by atoms with E-state index in [1.165, 1.54) is 13.8 Å². The van der Waals surface area contributed by atoms with Crippen molar-refractivity contribution in [2.45, 2.75) is 109 Å². The summed E-state index contributed by atoms with van der Waals surface area (Å²) in [6.45, 7) is 5.97. The number of benzene rings is 1. The summed E-state index contributed by atoms with van der Waals surface area (Å²) >= 11 is 0. The second kappa shape index (κ2) is 17.8. The van der Waals surface area contributed by atoms with Crippen LogP contribution in [0.4, 0.5) is 0 Å². The Hall–Kier alpha value is -4.16. The fourth-order valence-corrected chi connectivity index (χ4v) is 5.29. The van der Waals surface area contributed by atoms with Crippen molar-refractivity contribution in [1.82, 2.24) is 10.6 Å². The number of rotatable bonds is 13. The summed E-state index contributed by atoms with van der Waals surface area (Å²) < 4.78 is 45.4. The quantitative estimate of drug-likeness (QED) is 0.175. The van der Waals surface area contributed by atoms with E-state index in [9.17, 15) is 33.9 Å². The zero-order chi connectivity index (χ0) is 35.5. The zero-order valence-corrected chi connectivity index (χ0v) is 27.4. The Labute approximate surface area is 276 Å². The maximum Gasteiger partial charge on any atom is 0.303 e. The summed E-state index contributed by atoms with van der Waals surface area (Å²) in [4.78, 5) is 72.3. The van der Waals surface area contributed by atoms with Crippen LogP contribution in [0.3, 0.4) is 0 Å². The van der Waals surface area contributed by atoms with Crippen LogP contribution in [0.1, 0.15) is 47.1 Å². The maximum absolute atomic E-state index is 12.3. The molecule has 48 heavy (non-hydrogen) atoms. The first-order chi connectivity index (χ1) is 22.7. The van der Waals surface area contributed by atoms with E-state index in [0.717, 1.165) is 33.3 Å². The van der Waals surface area contributed by atoms with Crippen LogP contribution in [-0.4, -0.2) is 115 Å². The number of hydrogen-bond donors (Lipinski definition) is 3. The fourth-order valence-electron chi connectivity index (χ4n) is 5.29. The van der Waals surface area contributed by atoms with Crippen molar-refractivity contribution in [3.63, 3.8) is 0 Å². The fraction of sp³-hybridized carbons (Fsp3) is 0.613. The van der Waals surface area contributed by atoms with Crippen molar-refractivity contribution >= 4 is 35.7 Å². The van der Waals surface area contributed by atoms with Crippen LogP contribution in [-0.2, 0) is 73.3 Å². The third kappa shape index (κ3) is 11.2. The van der Waals surface area contributed by atoms with Gasteiger partial charge >= 0.3 is 23.9 Å². The third-order valence-corrected chi connectivity index (χ3v) is 7.10. The van der Waals surface area contributed by atoms with Gasteiger partial charge < -0.3 is 53.6 Å². The third-order valence-electron chi connectivity index (χ3n) is 7.10. The topological polar surface area (TPSA) is 221 Å². The largest absolute Gasteiger partial charge is 0.463 e. The van der Waals surface area contributed by atoms with E-state index in [1.54, 1.807) is 24.3 Å². The molecule has 0 aliphatic carbocycles.